The number of nitrogens with one attached hydrogen (secondary N) is 1. The molecule has 3 aromatic carbocycles. The lowest BCUT2D eigenvalue weighted by Gasteiger charge is -2.33. The molecule has 1 spiro atoms. The fourth-order valence-corrected chi connectivity index (χ4v) is 6.01. The first kappa shape index (κ1) is 22.7. The Balaban J connectivity index is 1.53. The summed E-state index contributed by atoms with van der Waals surface area (Å²) >= 11 is 7.32. The van der Waals surface area contributed by atoms with Gasteiger partial charge in [-0.05, 0) is 43.3 Å². The van der Waals surface area contributed by atoms with Gasteiger partial charge in [0.05, 0.1) is 12.2 Å². The minimum Gasteiger partial charge on any atom is -0.308 e. The molecule has 0 saturated carbocycles. The van der Waals surface area contributed by atoms with Crippen molar-refractivity contribution >= 4 is 46.7 Å². The minimum absolute atomic E-state index is 0.0735. The average Bonchev–Trinajstić information content (AvgIpc) is 3.34. The van der Waals surface area contributed by atoms with Crippen molar-refractivity contribution in [2.75, 3.05) is 22.5 Å². The third kappa shape index (κ3) is 3.71. The fourth-order valence-electron chi connectivity index (χ4n) is 4.43. The zero-order chi connectivity index (χ0) is 24.0. The van der Waals surface area contributed by atoms with Gasteiger partial charge in [-0.2, -0.15) is 0 Å². The highest BCUT2D eigenvalue weighted by Gasteiger charge is 2.59. The summed E-state index contributed by atoms with van der Waals surface area (Å²) in [5, 5.41) is 3.40. The van der Waals surface area contributed by atoms with Crippen LogP contribution in [0, 0.1) is 18.6 Å². The first-order chi connectivity index (χ1) is 16.3. The first-order valence-corrected chi connectivity index (χ1v) is 12.0. The largest absolute Gasteiger partial charge is 0.323 e. The number of halogens is 3. The van der Waals surface area contributed by atoms with Crippen molar-refractivity contribution in [3.63, 3.8) is 0 Å². The van der Waals surface area contributed by atoms with E-state index in [9.17, 15) is 18.4 Å². The first-order valence-electron chi connectivity index (χ1n) is 10.6. The van der Waals surface area contributed by atoms with Crippen molar-refractivity contribution in [3.05, 3.63) is 94.0 Å². The van der Waals surface area contributed by atoms with E-state index in [2.05, 4.69) is 5.32 Å². The minimum atomic E-state index is -1.27. The number of thioether (sulfide) groups is 1. The van der Waals surface area contributed by atoms with Crippen LogP contribution >= 0.6 is 23.4 Å². The zero-order valence-electron chi connectivity index (χ0n) is 18.1. The van der Waals surface area contributed by atoms with Gasteiger partial charge in [-0.25, -0.2) is 13.6 Å². The second-order valence-electron chi connectivity index (χ2n) is 8.23. The Bertz CT molecular complexity index is 1300. The maximum atomic E-state index is 14.4. The predicted molar refractivity (Wildman–Crippen MR) is 130 cm³/mol. The molecular weight excluding hydrogens is 480 g/mol. The molecule has 5 rings (SSSR count). The van der Waals surface area contributed by atoms with Crippen molar-refractivity contribution in [3.8, 4) is 0 Å². The number of rotatable bonds is 3. The van der Waals surface area contributed by atoms with Gasteiger partial charge < -0.3 is 10.2 Å². The number of carbonyl (C=O) groups excluding carboxylic acids is 2. The standard InChI is InChI=1S/C25H20ClF2N3O2S/c1-15-2-9-22-20(12-15)25(23(32)30(22)14-16-3-6-18(27)13-21(16)28)31(10-11-34-25)24(33)29-19-7-4-17(26)5-8-19/h2-9,12-13H,10-11,14H2,1H3,(H,29,33)/t25-/m1/s1. The molecular formula is C25H20ClF2N3O2S. The topological polar surface area (TPSA) is 52.7 Å². The molecule has 1 atom stereocenters. The van der Waals surface area contributed by atoms with Crippen LogP contribution in [0.25, 0.3) is 0 Å². The summed E-state index contributed by atoms with van der Waals surface area (Å²) in [5.74, 6) is -1.17. The number of hydrogen-bond acceptors (Lipinski definition) is 3. The van der Waals surface area contributed by atoms with Gasteiger partial charge in [0, 0.05) is 40.2 Å². The zero-order valence-corrected chi connectivity index (χ0v) is 19.7. The highest BCUT2D eigenvalue weighted by Crippen LogP contribution is 2.54. The fraction of sp³-hybridized carbons (Fsp3) is 0.200. The van der Waals surface area contributed by atoms with Crippen molar-refractivity contribution in [1.29, 1.82) is 0 Å². The van der Waals surface area contributed by atoms with Gasteiger partial charge in [0.15, 0.2) is 4.87 Å². The Morgan fingerprint density at radius 1 is 1.12 bits per heavy atom. The van der Waals surface area contributed by atoms with Crippen molar-refractivity contribution in [2.24, 2.45) is 0 Å². The Hall–Kier alpha value is -3.10. The Kier molecular flexibility index (Phi) is 5.73. The molecule has 0 unspecified atom stereocenters. The summed E-state index contributed by atoms with van der Waals surface area (Å²) in [7, 11) is 0. The highest BCUT2D eigenvalue weighted by atomic mass is 35.5. The Morgan fingerprint density at radius 3 is 2.62 bits per heavy atom. The smallest absolute Gasteiger partial charge is 0.308 e. The lowest BCUT2D eigenvalue weighted by molar-refractivity contribution is -0.123. The van der Waals surface area contributed by atoms with Gasteiger partial charge in [-0.15, -0.1) is 11.8 Å². The summed E-state index contributed by atoms with van der Waals surface area (Å²) < 4.78 is 27.9. The summed E-state index contributed by atoms with van der Waals surface area (Å²) in [4.78, 5) is 29.1. The number of amides is 3. The SMILES string of the molecule is Cc1ccc2c(c1)[C@@]1(SCCN1C(=O)Nc1ccc(Cl)cc1)C(=O)N2Cc1ccc(F)cc1F. The van der Waals surface area contributed by atoms with Gasteiger partial charge in [-0.1, -0.05) is 35.4 Å². The second-order valence-corrected chi connectivity index (χ2v) is 9.95. The Labute approximate surface area is 204 Å². The van der Waals surface area contributed by atoms with Crippen LogP contribution in [-0.2, 0) is 16.2 Å². The van der Waals surface area contributed by atoms with Gasteiger partial charge in [0.25, 0.3) is 5.91 Å². The number of nitrogens with zero attached hydrogens (tertiary/aromatic N) is 2. The van der Waals surface area contributed by atoms with Crippen molar-refractivity contribution < 1.29 is 18.4 Å². The van der Waals surface area contributed by atoms with Crippen LogP contribution in [0.2, 0.25) is 5.02 Å². The molecule has 3 aromatic rings. The van der Waals surface area contributed by atoms with Gasteiger partial charge in [0.1, 0.15) is 11.6 Å². The van der Waals surface area contributed by atoms with Crippen LogP contribution in [0.5, 0.6) is 0 Å². The molecule has 1 N–H and O–H groups in total. The number of aryl methyl sites for hydroxylation is 1. The second kappa shape index (κ2) is 8.60. The van der Waals surface area contributed by atoms with E-state index in [4.69, 9.17) is 11.6 Å². The van der Waals surface area contributed by atoms with E-state index < -0.39 is 22.5 Å². The van der Waals surface area contributed by atoms with Crippen LogP contribution in [0.1, 0.15) is 16.7 Å². The van der Waals surface area contributed by atoms with E-state index in [1.807, 2.05) is 25.1 Å². The molecule has 3 amide bonds. The van der Waals surface area contributed by atoms with Crippen LogP contribution in [0.3, 0.4) is 0 Å². The van der Waals surface area contributed by atoms with E-state index >= 15 is 0 Å². The molecule has 5 nitrogen and oxygen atoms in total. The monoisotopic (exact) mass is 499 g/mol. The summed E-state index contributed by atoms with van der Waals surface area (Å²) in [6, 6.07) is 15.2. The number of benzene rings is 3. The normalized spacial score (nSPS) is 19.1. The number of hydrogen-bond donors (Lipinski definition) is 1. The molecule has 34 heavy (non-hydrogen) atoms. The molecule has 2 aliphatic rings. The lowest BCUT2D eigenvalue weighted by atomic mass is 10.0. The third-order valence-corrected chi connectivity index (χ3v) is 7.70. The maximum absolute atomic E-state index is 14.4. The molecule has 1 fully saturated rings. The highest BCUT2D eigenvalue weighted by molar-refractivity contribution is 8.01. The van der Waals surface area contributed by atoms with E-state index in [0.717, 1.165) is 11.6 Å². The van der Waals surface area contributed by atoms with Gasteiger partial charge in [-0.3, -0.25) is 9.69 Å². The number of carbonyl (C=O) groups is 2. The molecule has 0 radical (unpaired) electrons. The van der Waals surface area contributed by atoms with Crippen LogP contribution in [0.4, 0.5) is 25.0 Å². The van der Waals surface area contributed by atoms with Crippen molar-refractivity contribution in [2.45, 2.75) is 18.3 Å². The molecule has 0 aromatic heterocycles. The lowest BCUT2D eigenvalue weighted by Crippen LogP contribution is -2.51. The van der Waals surface area contributed by atoms with E-state index in [1.54, 1.807) is 24.3 Å². The maximum Gasteiger partial charge on any atom is 0.323 e. The number of fused-ring (bicyclic) bond motifs is 2. The molecule has 174 valence electrons. The van der Waals surface area contributed by atoms with Crippen LogP contribution in [-0.4, -0.2) is 29.1 Å². The van der Waals surface area contributed by atoms with Gasteiger partial charge >= 0.3 is 6.03 Å². The summed E-state index contributed by atoms with van der Waals surface area (Å²) in [6.45, 7) is 2.20. The molecule has 9 heteroatoms. The predicted octanol–water partition coefficient (Wildman–Crippen LogP) is 5.91. The van der Waals surface area contributed by atoms with E-state index in [1.165, 1.54) is 33.7 Å². The van der Waals surface area contributed by atoms with E-state index in [0.29, 0.717) is 34.3 Å². The third-order valence-electron chi connectivity index (χ3n) is 6.03. The van der Waals surface area contributed by atoms with Crippen LogP contribution < -0.4 is 10.2 Å². The molecule has 2 aliphatic heterocycles. The quantitative estimate of drug-likeness (QED) is 0.487. The molecule has 1 saturated heterocycles. The van der Waals surface area contributed by atoms with E-state index in [-0.39, 0.29) is 18.0 Å². The van der Waals surface area contributed by atoms with Crippen molar-refractivity contribution in [1.82, 2.24) is 4.90 Å². The summed E-state index contributed by atoms with van der Waals surface area (Å²) in [6.07, 6.45) is 0. The Morgan fingerprint density at radius 2 is 1.88 bits per heavy atom. The number of anilines is 2. The average molecular weight is 500 g/mol. The molecule has 0 bridgehead atoms. The molecule has 0 aliphatic carbocycles. The molecule has 2 heterocycles. The van der Waals surface area contributed by atoms with Gasteiger partial charge in [0.2, 0.25) is 0 Å². The van der Waals surface area contributed by atoms with Crippen LogP contribution in [0.15, 0.2) is 60.7 Å². The summed E-state index contributed by atoms with van der Waals surface area (Å²) in [5.41, 5.74) is 2.98. The number of urea groups is 1.